The van der Waals surface area contributed by atoms with Crippen molar-refractivity contribution in [1.82, 2.24) is 4.90 Å². The van der Waals surface area contributed by atoms with Gasteiger partial charge in [-0.3, -0.25) is 4.90 Å². The highest BCUT2D eigenvalue weighted by molar-refractivity contribution is 5.23. The summed E-state index contributed by atoms with van der Waals surface area (Å²) in [5.41, 5.74) is 2.19. The Morgan fingerprint density at radius 3 is 2.39 bits per heavy atom. The molecule has 0 aliphatic carbocycles. The quantitative estimate of drug-likeness (QED) is 0.807. The summed E-state index contributed by atoms with van der Waals surface area (Å²) in [6.07, 6.45) is -0.440. The molecule has 1 rings (SSSR count). The Hall–Kier alpha value is -0.900. The first kappa shape index (κ1) is 15.2. The average molecular weight is 251 g/mol. The van der Waals surface area contributed by atoms with Crippen LogP contribution in [0.1, 0.15) is 31.1 Å². The Bertz CT molecular complexity index is 337. The van der Waals surface area contributed by atoms with Crippen LogP contribution in [-0.2, 0) is 4.74 Å². The predicted octanol–water partition coefficient (Wildman–Crippen LogP) is 2.39. The number of benzene rings is 1. The number of aliphatic hydroxyl groups is 1. The lowest BCUT2D eigenvalue weighted by atomic mass is 10.1. The molecule has 0 aromatic heterocycles. The van der Waals surface area contributed by atoms with Crippen LogP contribution >= 0.6 is 0 Å². The second-order valence-corrected chi connectivity index (χ2v) is 4.82. The Morgan fingerprint density at radius 2 is 1.89 bits per heavy atom. The topological polar surface area (TPSA) is 32.7 Å². The van der Waals surface area contributed by atoms with Crippen molar-refractivity contribution < 1.29 is 9.84 Å². The van der Waals surface area contributed by atoms with Gasteiger partial charge in [-0.05, 0) is 26.0 Å². The molecule has 0 spiro atoms. The number of hydrogen-bond donors (Lipinski definition) is 1. The lowest BCUT2D eigenvalue weighted by Gasteiger charge is -2.29. The molecule has 2 atom stereocenters. The Labute approximate surface area is 110 Å². The normalized spacial score (nSPS) is 14.8. The van der Waals surface area contributed by atoms with Gasteiger partial charge in [0.2, 0.25) is 0 Å². The van der Waals surface area contributed by atoms with Crippen LogP contribution in [0.2, 0.25) is 0 Å². The third-order valence-corrected chi connectivity index (χ3v) is 3.31. The van der Waals surface area contributed by atoms with Gasteiger partial charge in [0, 0.05) is 19.7 Å². The molecule has 0 amide bonds. The van der Waals surface area contributed by atoms with E-state index in [4.69, 9.17) is 4.74 Å². The highest BCUT2D eigenvalue weighted by atomic mass is 16.5. The van der Waals surface area contributed by atoms with Crippen molar-refractivity contribution in [2.24, 2.45) is 0 Å². The third-order valence-electron chi connectivity index (χ3n) is 3.31. The summed E-state index contributed by atoms with van der Waals surface area (Å²) in [5.74, 6) is 0. The van der Waals surface area contributed by atoms with E-state index in [1.807, 2.05) is 24.3 Å². The van der Waals surface area contributed by atoms with E-state index >= 15 is 0 Å². The van der Waals surface area contributed by atoms with Gasteiger partial charge in [0.25, 0.3) is 0 Å². The maximum Gasteiger partial charge on any atom is 0.0917 e. The van der Waals surface area contributed by atoms with Gasteiger partial charge < -0.3 is 9.84 Å². The first-order valence-corrected chi connectivity index (χ1v) is 6.56. The van der Waals surface area contributed by atoms with Gasteiger partial charge in [-0.2, -0.15) is 0 Å². The standard InChI is InChI=1S/C15H25NO2/c1-5-16(13(3)11-18-4)10-15(17)14-8-6-12(2)7-9-14/h6-9,13,15,17H,5,10-11H2,1-4H3. The minimum absolute atomic E-state index is 0.320. The van der Waals surface area contributed by atoms with Crippen LogP contribution in [0.5, 0.6) is 0 Å². The lowest BCUT2D eigenvalue weighted by molar-refractivity contribution is 0.0582. The molecule has 0 saturated heterocycles. The zero-order chi connectivity index (χ0) is 13.5. The van der Waals surface area contributed by atoms with Crippen LogP contribution in [0.25, 0.3) is 0 Å². The molecule has 0 aliphatic rings. The van der Waals surface area contributed by atoms with E-state index in [2.05, 4.69) is 25.7 Å². The molecule has 0 bridgehead atoms. The highest BCUT2D eigenvalue weighted by Gasteiger charge is 2.17. The van der Waals surface area contributed by atoms with Crippen molar-refractivity contribution in [1.29, 1.82) is 0 Å². The minimum Gasteiger partial charge on any atom is -0.387 e. The number of nitrogens with zero attached hydrogens (tertiary/aromatic N) is 1. The predicted molar refractivity (Wildman–Crippen MR) is 74.7 cm³/mol. The van der Waals surface area contributed by atoms with Crippen molar-refractivity contribution >= 4 is 0 Å². The fourth-order valence-corrected chi connectivity index (χ4v) is 2.08. The number of hydrogen-bond acceptors (Lipinski definition) is 3. The van der Waals surface area contributed by atoms with Crippen LogP contribution < -0.4 is 0 Å². The number of aryl methyl sites for hydroxylation is 1. The maximum absolute atomic E-state index is 10.2. The summed E-state index contributed by atoms with van der Waals surface area (Å²) in [5, 5.41) is 10.2. The molecule has 102 valence electrons. The Morgan fingerprint density at radius 1 is 1.28 bits per heavy atom. The number of ether oxygens (including phenoxy) is 1. The van der Waals surface area contributed by atoms with Crippen molar-refractivity contribution in [3.05, 3.63) is 35.4 Å². The van der Waals surface area contributed by atoms with Gasteiger partial charge in [0.05, 0.1) is 12.7 Å². The fraction of sp³-hybridized carbons (Fsp3) is 0.600. The summed E-state index contributed by atoms with van der Waals surface area (Å²) in [6.45, 7) is 8.52. The molecule has 2 unspecified atom stereocenters. The van der Waals surface area contributed by atoms with Crippen LogP contribution in [0.4, 0.5) is 0 Å². The van der Waals surface area contributed by atoms with E-state index < -0.39 is 6.10 Å². The van der Waals surface area contributed by atoms with Crippen molar-refractivity contribution in [2.75, 3.05) is 26.8 Å². The van der Waals surface area contributed by atoms with Gasteiger partial charge in [-0.25, -0.2) is 0 Å². The molecule has 1 N–H and O–H groups in total. The molecule has 3 nitrogen and oxygen atoms in total. The zero-order valence-electron chi connectivity index (χ0n) is 11.9. The SMILES string of the molecule is CCN(CC(O)c1ccc(C)cc1)C(C)COC. The number of rotatable bonds is 7. The molecule has 1 aromatic rings. The lowest BCUT2D eigenvalue weighted by Crippen LogP contribution is -2.38. The van der Waals surface area contributed by atoms with Crippen molar-refractivity contribution in [2.45, 2.75) is 32.9 Å². The second kappa shape index (κ2) is 7.52. The van der Waals surface area contributed by atoms with E-state index in [9.17, 15) is 5.11 Å². The summed E-state index contributed by atoms with van der Waals surface area (Å²) < 4.78 is 5.17. The molecular formula is C15H25NO2. The van der Waals surface area contributed by atoms with Crippen LogP contribution in [-0.4, -0.2) is 42.9 Å². The molecule has 0 fully saturated rings. The van der Waals surface area contributed by atoms with Crippen LogP contribution in [0, 0.1) is 6.92 Å². The molecular weight excluding hydrogens is 226 g/mol. The van der Waals surface area contributed by atoms with E-state index in [1.54, 1.807) is 7.11 Å². The summed E-state index contributed by atoms with van der Waals surface area (Å²) in [7, 11) is 1.71. The van der Waals surface area contributed by atoms with Crippen LogP contribution in [0.15, 0.2) is 24.3 Å². The van der Waals surface area contributed by atoms with Gasteiger partial charge >= 0.3 is 0 Å². The summed E-state index contributed by atoms with van der Waals surface area (Å²) in [6, 6.07) is 8.38. The van der Waals surface area contributed by atoms with Gasteiger partial charge in [-0.15, -0.1) is 0 Å². The maximum atomic E-state index is 10.2. The van der Waals surface area contributed by atoms with E-state index in [0.29, 0.717) is 19.2 Å². The molecule has 0 heterocycles. The number of methoxy groups -OCH3 is 1. The van der Waals surface area contributed by atoms with E-state index in [-0.39, 0.29) is 0 Å². The van der Waals surface area contributed by atoms with E-state index in [0.717, 1.165) is 12.1 Å². The minimum atomic E-state index is -0.440. The monoisotopic (exact) mass is 251 g/mol. The molecule has 0 saturated carbocycles. The average Bonchev–Trinajstić information content (AvgIpc) is 2.36. The van der Waals surface area contributed by atoms with E-state index in [1.165, 1.54) is 5.56 Å². The highest BCUT2D eigenvalue weighted by Crippen LogP contribution is 2.16. The largest absolute Gasteiger partial charge is 0.387 e. The molecule has 0 radical (unpaired) electrons. The zero-order valence-corrected chi connectivity index (χ0v) is 11.9. The molecule has 1 aromatic carbocycles. The van der Waals surface area contributed by atoms with Crippen molar-refractivity contribution in [3.8, 4) is 0 Å². The number of likely N-dealkylation sites (N-methyl/N-ethyl adjacent to an activating group) is 1. The first-order valence-electron chi connectivity index (χ1n) is 6.56. The molecule has 3 heteroatoms. The van der Waals surface area contributed by atoms with Crippen LogP contribution in [0.3, 0.4) is 0 Å². The fourth-order valence-electron chi connectivity index (χ4n) is 2.08. The Balaban J connectivity index is 2.61. The molecule has 18 heavy (non-hydrogen) atoms. The van der Waals surface area contributed by atoms with Crippen molar-refractivity contribution in [3.63, 3.8) is 0 Å². The van der Waals surface area contributed by atoms with Gasteiger partial charge in [0.15, 0.2) is 0 Å². The first-order chi connectivity index (χ1) is 8.58. The third kappa shape index (κ3) is 4.41. The van der Waals surface area contributed by atoms with Gasteiger partial charge in [0.1, 0.15) is 0 Å². The summed E-state index contributed by atoms with van der Waals surface area (Å²) in [4.78, 5) is 2.23. The molecule has 0 aliphatic heterocycles. The van der Waals surface area contributed by atoms with Gasteiger partial charge in [-0.1, -0.05) is 36.8 Å². The Kier molecular flexibility index (Phi) is 6.33. The second-order valence-electron chi connectivity index (χ2n) is 4.82. The number of aliphatic hydroxyl groups excluding tert-OH is 1. The smallest absolute Gasteiger partial charge is 0.0917 e. The summed E-state index contributed by atoms with van der Waals surface area (Å²) >= 11 is 0.